The van der Waals surface area contributed by atoms with Gasteiger partial charge in [0.15, 0.2) is 0 Å². The number of piperidine rings is 1. The normalized spacial score (nSPS) is 19.3. The smallest absolute Gasteiger partial charge is 0.118 e. The van der Waals surface area contributed by atoms with Gasteiger partial charge in [0.2, 0.25) is 0 Å². The van der Waals surface area contributed by atoms with Crippen molar-refractivity contribution in [2.45, 2.75) is 73.0 Å². The van der Waals surface area contributed by atoms with Crippen LogP contribution in [0, 0.1) is 12.3 Å². The van der Waals surface area contributed by atoms with Crippen LogP contribution in [0.4, 0.5) is 0 Å². The Labute approximate surface area is 130 Å². The molecule has 1 aliphatic heterocycles. The Balaban J connectivity index is 1.88. The second-order valence-corrected chi connectivity index (χ2v) is 7.27. The molecule has 0 bridgehead atoms. The second kappa shape index (κ2) is 6.97. The molecule has 21 heavy (non-hydrogen) atoms. The average Bonchev–Trinajstić information content (AvgIpc) is 2.79. The first-order valence-corrected chi connectivity index (χ1v) is 8.46. The maximum Gasteiger partial charge on any atom is 0.118 e. The van der Waals surface area contributed by atoms with Gasteiger partial charge in [-0.2, -0.15) is 0 Å². The highest BCUT2D eigenvalue weighted by molar-refractivity contribution is 5.20. The van der Waals surface area contributed by atoms with Crippen molar-refractivity contribution in [3.05, 3.63) is 23.2 Å². The molecule has 1 saturated heterocycles. The molecule has 0 radical (unpaired) electrons. The number of likely N-dealkylation sites (tertiary alicyclic amines) is 1. The van der Waals surface area contributed by atoms with Crippen LogP contribution >= 0.6 is 0 Å². The summed E-state index contributed by atoms with van der Waals surface area (Å²) in [6.45, 7) is 15.4. The Hall–Kier alpha value is -0.800. The lowest BCUT2D eigenvalue weighted by atomic mass is 9.78. The second-order valence-electron chi connectivity index (χ2n) is 7.27. The van der Waals surface area contributed by atoms with Gasteiger partial charge in [0.1, 0.15) is 11.5 Å². The van der Waals surface area contributed by atoms with E-state index in [2.05, 4.69) is 50.9 Å². The van der Waals surface area contributed by atoms with E-state index in [4.69, 9.17) is 4.42 Å². The summed E-state index contributed by atoms with van der Waals surface area (Å²) in [5.41, 5.74) is 1.86. The molecule has 1 fully saturated rings. The summed E-state index contributed by atoms with van der Waals surface area (Å²) in [6.07, 6.45) is 3.92. The molecule has 0 atom stereocenters. The van der Waals surface area contributed by atoms with E-state index in [1.54, 1.807) is 0 Å². The van der Waals surface area contributed by atoms with Crippen molar-refractivity contribution in [2.24, 2.45) is 5.41 Å². The number of nitrogens with one attached hydrogen (secondary N) is 1. The third-order valence-electron chi connectivity index (χ3n) is 5.07. The molecule has 1 aliphatic rings. The Morgan fingerprint density at radius 3 is 2.57 bits per heavy atom. The minimum Gasteiger partial charge on any atom is -0.465 e. The predicted octanol–water partition coefficient (Wildman–Crippen LogP) is 4.10. The van der Waals surface area contributed by atoms with Crippen LogP contribution in [0.15, 0.2) is 10.5 Å². The Morgan fingerprint density at radius 2 is 2.00 bits per heavy atom. The predicted molar refractivity (Wildman–Crippen MR) is 88.3 cm³/mol. The molecule has 1 N–H and O–H groups in total. The zero-order chi connectivity index (χ0) is 15.5. The van der Waals surface area contributed by atoms with Gasteiger partial charge in [-0.1, -0.05) is 34.1 Å². The van der Waals surface area contributed by atoms with Crippen LogP contribution in [0.2, 0.25) is 0 Å². The van der Waals surface area contributed by atoms with E-state index in [0.717, 1.165) is 24.6 Å². The molecular formula is C18H32N2O. The van der Waals surface area contributed by atoms with E-state index in [1.807, 2.05) is 0 Å². The first-order chi connectivity index (χ1) is 9.92. The number of nitrogens with zero attached hydrogens (tertiary/aromatic N) is 1. The van der Waals surface area contributed by atoms with Crippen molar-refractivity contribution < 1.29 is 4.42 Å². The van der Waals surface area contributed by atoms with Gasteiger partial charge >= 0.3 is 0 Å². The first kappa shape index (κ1) is 16.6. The van der Waals surface area contributed by atoms with Crippen LogP contribution in [-0.4, -0.2) is 24.0 Å². The SMILES string of the molecule is CCC1(C)CCN(Cc2cc(CNC(C)C)c(C)o2)CC1. The van der Waals surface area contributed by atoms with Crippen molar-refractivity contribution in [3.8, 4) is 0 Å². The molecule has 0 saturated carbocycles. The van der Waals surface area contributed by atoms with Gasteiger partial charge in [-0.15, -0.1) is 0 Å². The molecule has 1 aromatic heterocycles. The molecule has 120 valence electrons. The van der Waals surface area contributed by atoms with Gasteiger partial charge in [0.05, 0.1) is 6.54 Å². The molecule has 3 heteroatoms. The fraction of sp³-hybridized carbons (Fsp3) is 0.778. The van der Waals surface area contributed by atoms with Gasteiger partial charge in [0, 0.05) is 18.2 Å². The molecule has 0 amide bonds. The number of hydrogen-bond donors (Lipinski definition) is 1. The van der Waals surface area contributed by atoms with Crippen molar-refractivity contribution in [1.82, 2.24) is 10.2 Å². The summed E-state index contributed by atoms with van der Waals surface area (Å²) in [6, 6.07) is 2.75. The molecule has 0 aromatic carbocycles. The van der Waals surface area contributed by atoms with Gasteiger partial charge < -0.3 is 9.73 Å². The zero-order valence-electron chi connectivity index (χ0n) is 14.5. The molecule has 1 aromatic rings. The lowest BCUT2D eigenvalue weighted by Crippen LogP contribution is -2.37. The summed E-state index contributed by atoms with van der Waals surface area (Å²) in [7, 11) is 0. The minimum absolute atomic E-state index is 0.511. The molecule has 0 spiro atoms. The van der Waals surface area contributed by atoms with E-state index in [0.29, 0.717) is 11.5 Å². The van der Waals surface area contributed by atoms with Gasteiger partial charge in [-0.25, -0.2) is 0 Å². The summed E-state index contributed by atoms with van der Waals surface area (Å²) < 4.78 is 5.95. The van der Waals surface area contributed by atoms with Gasteiger partial charge in [-0.05, 0) is 44.3 Å². The van der Waals surface area contributed by atoms with Crippen LogP contribution in [-0.2, 0) is 13.1 Å². The van der Waals surface area contributed by atoms with Crippen LogP contribution in [0.1, 0.15) is 64.0 Å². The van der Waals surface area contributed by atoms with E-state index in [-0.39, 0.29) is 0 Å². The van der Waals surface area contributed by atoms with Crippen molar-refractivity contribution in [1.29, 1.82) is 0 Å². The van der Waals surface area contributed by atoms with Gasteiger partial charge in [0.25, 0.3) is 0 Å². The van der Waals surface area contributed by atoms with Crippen LogP contribution in [0.25, 0.3) is 0 Å². The molecule has 0 unspecified atom stereocenters. The lowest BCUT2D eigenvalue weighted by Gasteiger charge is -2.38. The molecule has 2 rings (SSSR count). The fourth-order valence-corrected chi connectivity index (χ4v) is 2.98. The Bertz CT molecular complexity index is 442. The maximum atomic E-state index is 5.95. The Kier molecular flexibility index (Phi) is 5.50. The fourth-order valence-electron chi connectivity index (χ4n) is 2.98. The van der Waals surface area contributed by atoms with E-state index >= 15 is 0 Å². The summed E-state index contributed by atoms with van der Waals surface area (Å²) in [4.78, 5) is 2.54. The van der Waals surface area contributed by atoms with Crippen molar-refractivity contribution >= 4 is 0 Å². The topological polar surface area (TPSA) is 28.4 Å². The standard InChI is InChI=1S/C18H32N2O/c1-6-18(5)7-9-20(10-8-18)13-17-11-16(15(4)21-17)12-19-14(2)3/h11,14,19H,6-10,12-13H2,1-5H3. The van der Waals surface area contributed by atoms with E-state index in [9.17, 15) is 0 Å². The van der Waals surface area contributed by atoms with Crippen LogP contribution in [0.5, 0.6) is 0 Å². The maximum absolute atomic E-state index is 5.95. The lowest BCUT2D eigenvalue weighted by molar-refractivity contribution is 0.104. The summed E-state index contributed by atoms with van der Waals surface area (Å²) in [5, 5.41) is 3.46. The molecular weight excluding hydrogens is 260 g/mol. The average molecular weight is 292 g/mol. The van der Waals surface area contributed by atoms with Crippen LogP contribution < -0.4 is 5.32 Å². The number of furan rings is 1. The van der Waals surface area contributed by atoms with E-state index in [1.165, 1.54) is 37.9 Å². The molecule has 2 heterocycles. The zero-order valence-corrected chi connectivity index (χ0v) is 14.5. The summed E-state index contributed by atoms with van der Waals surface area (Å²) >= 11 is 0. The highest BCUT2D eigenvalue weighted by atomic mass is 16.3. The van der Waals surface area contributed by atoms with E-state index < -0.39 is 0 Å². The molecule has 0 aliphatic carbocycles. The number of aryl methyl sites for hydroxylation is 1. The van der Waals surface area contributed by atoms with Crippen LogP contribution in [0.3, 0.4) is 0 Å². The highest BCUT2D eigenvalue weighted by Gasteiger charge is 2.28. The number of rotatable bonds is 6. The third kappa shape index (κ3) is 4.58. The quantitative estimate of drug-likeness (QED) is 0.855. The van der Waals surface area contributed by atoms with Crippen molar-refractivity contribution in [3.63, 3.8) is 0 Å². The third-order valence-corrected chi connectivity index (χ3v) is 5.07. The molecule has 3 nitrogen and oxygen atoms in total. The van der Waals surface area contributed by atoms with Crippen molar-refractivity contribution in [2.75, 3.05) is 13.1 Å². The first-order valence-electron chi connectivity index (χ1n) is 8.46. The van der Waals surface area contributed by atoms with Gasteiger partial charge in [-0.3, -0.25) is 4.90 Å². The monoisotopic (exact) mass is 292 g/mol. The minimum atomic E-state index is 0.511. The Morgan fingerprint density at radius 1 is 1.33 bits per heavy atom. The highest BCUT2D eigenvalue weighted by Crippen LogP contribution is 2.34. The summed E-state index contributed by atoms with van der Waals surface area (Å²) in [5.74, 6) is 2.18. The largest absolute Gasteiger partial charge is 0.465 e. The number of hydrogen-bond acceptors (Lipinski definition) is 3.